The van der Waals surface area contributed by atoms with Crippen LogP contribution in [0.15, 0.2) is 18.2 Å². The smallest absolute Gasteiger partial charge is 0.496 e. The van der Waals surface area contributed by atoms with Gasteiger partial charge in [0.05, 0.1) is 7.11 Å². The molecule has 1 aliphatic heterocycles. The highest BCUT2D eigenvalue weighted by Crippen LogP contribution is 2.36. The second kappa shape index (κ2) is 7.04. The van der Waals surface area contributed by atoms with Crippen LogP contribution in [0.2, 0.25) is 0 Å². The van der Waals surface area contributed by atoms with Crippen LogP contribution in [0.1, 0.15) is 24.3 Å². The normalized spacial score (nSPS) is 16.4. The van der Waals surface area contributed by atoms with Crippen LogP contribution < -0.4 is 14.8 Å². The fraction of sp³-hybridized carbons (Fsp3) is 0.538. The molecular weight excluding hydrogens is 295 g/mol. The van der Waals surface area contributed by atoms with Crippen LogP contribution in [-0.2, 0) is 0 Å². The first-order valence-electron chi connectivity index (χ1n) is 6.14. The van der Waals surface area contributed by atoms with Gasteiger partial charge in [-0.1, -0.05) is 6.07 Å². The highest BCUT2D eigenvalue weighted by Gasteiger charge is 2.31. The van der Waals surface area contributed by atoms with Gasteiger partial charge in [0.1, 0.15) is 11.5 Å². The van der Waals surface area contributed by atoms with E-state index < -0.39 is 6.36 Å². The summed E-state index contributed by atoms with van der Waals surface area (Å²) in [6, 6.07) is 4.30. The third-order valence-electron chi connectivity index (χ3n) is 3.22. The van der Waals surface area contributed by atoms with Gasteiger partial charge in [0.25, 0.3) is 0 Å². The lowest BCUT2D eigenvalue weighted by Gasteiger charge is -2.25. The molecule has 1 fully saturated rings. The van der Waals surface area contributed by atoms with Crippen molar-refractivity contribution < 1.29 is 22.6 Å². The topological polar surface area (TPSA) is 30.5 Å². The van der Waals surface area contributed by atoms with E-state index in [-0.39, 0.29) is 18.2 Å². The van der Waals surface area contributed by atoms with Gasteiger partial charge in [0, 0.05) is 6.07 Å². The van der Waals surface area contributed by atoms with Crippen molar-refractivity contribution in [1.82, 2.24) is 5.32 Å². The van der Waals surface area contributed by atoms with Crippen molar-refractivity contribution in [3.05, 3.63) is 23.8 Å². The van der Waals surface area contributed by atoms with Gasteiger partial charge in [0.15, 0.2) is 0 Å². The van der Waals surface area contributed by atoms with Crippen LogP contribution in [0.3, 0.4) is 0 Å². The second-order valence-electron chi connectivity index (χ2n) is 4.48. The average Bonchev–Trinajstić information content (AvgIpc) is 2.37. The van der Waals surface area contributed by atoms with E-state index in [1.165, 1.54) is 19.2 Å². The summed E-state index contributed by atoms with van der Waals surface area (Å²) >= 11 is 0. The Hall–Kier alpha value is -1.14. The lowest BCUT2D eigenvalue weighted by molar-refractivity contribution is -0.274. The summed E-state index contributed by atoms with van der Waals surface area (Å²) < 4.78 is 45.6. The molecule has 0 spiro atoms. The summed E-state index contributed by atoms with van der Waals surface area (Å²) in [7, 11) is 1.46. The molecule has 7 heteroatoms. The maximum absolute atomic E-state index is 12.2. The molecule has 0 atom stereocenters. The van der Waals surface area contributed by atoms with Gasteiger partial charge >= 0.3 is 6.36 Å². The van der Waals surface area contributed by atoms with Crippen LogP contribution in [0, 0.1) is 0 Å². The maximum atomic E-state index is 12.2. The third-order valence-corrected chi connectivity index (χ3v) is 3.22. The van der Waals surface area contributed by atoms with Crippen molar-refractivity contribution in [2.24, 2.45) is 0 Å². The van der Waals surface area contributed by atoms with Crippen LogP contribution in [-0.4, -0.2) is 26.6 Å². The molecule has 0 amide bonds. The number of rotatable bonds is 3. The number of hydrogen-bond donors (Lipinski definition) is 1. The summed E-state index contributed by atoms with van der Waals surface area (Å²) in [5, 5.41) is 3.25. The summed E-state index contributed by atoms with van der Waals surface area (Å²) in [4.78, 5) is 0. The number of piperidine rings is 1. The molecular formula is C13H17ClF3NO2. The highest BCUT2D eigenvalue weighted by molar-refractivity contribution is 5.85. The number of alkyl halides is 3. The SMILES string of the molecule is COc1cc(OC(F)(F)F)ccc1C1CCNCC1.Cl. The summed E-state index contributed by atoms with van der Waals surface area (Å²) in [6.45, 7) is 1.82. The molecule has 1 N–H and O–H groups in total. The Morgan fingerprint density at radius 1 is 1.20 bits per heavy atom. The van der Waals surface area contributed by atoms with E-state index in [4.69, 9.17) is 4.74 Å². The first-order chi connectivity index (χ1) is 8.99. The number of hydrogen-bond acceptors (Lipinski definition) is 3. The van der Waals surface area contributed by atoms with Gasteiger partial charge in [-0.25, -0.2) is 0 Å². The summed E-state index contributed by atoms with van der Waals surface area (Å²) in [5.41, 5.74) is 0.943. The van der Waals surface area contributed by atoms with E-state index in [0.717, 1.165) is 31.5 Å². The monoisotopic (exact) mass is 311 g/mol. The molecule has 0 aromatic heterocycles. The minimum atomic E-state index is -4.68. The van der Waals surface area contributed by atoms with E-state index in [0.29, 0.717) is 11.7 Å². The van der Waals surface area contributed by atoms with Crippen LogP contribution in [0.25, 0.3) is 0 Å². The highest BCUT2D eigenvalue weighted by atomic mass is 35.5. The van der Waals surface area contributed by atoms with Crippen LogP contribution in [0.5, 0.6) is 11.5 Å². The minimum Gasteiger partial charge on any atom is -0.496 e. The Balaban J connectivity index is 0.00000200. The largest absolute Gasteiger partial charge is 0.573 e. The summed E-state index contributed by atoms with van der Waals surface area (Å²) in [5.74, 6) is 0.520. The molecule has 0 unspecified atom stereocenters. The van der Waals surface area contributed by atoms with Gasteiger partial charge in [0.2, 0.25) is 0 Å². The lowest BCUT2D eigenvalue weighted by atomic mass is 9.89. The first-order valence-corrected chi connectivity index (χ1v) is 6.14. The quantitative estimate of drug-likeness (QED) is 0.927. The molecule has 2 rings (SSSR count). The van der Waals surface area contributed by atoms with Crippen LogP contribution >= 0.6 is 12.4 Å². The Morgan fingerprint density at radius 2 is 1.85 bits per heavy atom. The predicted octanol–water partition coefficient (Wildman–Crippen LogP) is 3.48. The Kier molecular flexibility index (Phi) is 5.95. The van der Waals surface area contributed by atoms with Gasteiger partial charge in [-0.2, -0.15) is 0 Å². The van der Waals surface area contributed by atoms with Gasteiger partial charge in [-0.05, 0) is 43.5 Å². The number of benzene rings is 1. The van der Waals surface area contributed by atoms with Crippen LogP contribution in [0.4, 0.5) is 13.2 Å². The van der Waals surface area contributed by atoms with E-state index >= 15 is 0 Å². The Morgan fingerprint density at radius 3 is 2.40 bits per heavy atom. The zero-order valence-corrected chi connectivity index (χ0v) is 11.8. The van der Waals surface area contributed by atoms with E-state index in [1.54, 1.807) is 6.07 Å². The van der Waals surface area contributed by atoms with Crippen molar-refractivity contribution in [1.29, 1.82) is 0 Å². The van der Waals surface area contributed by atoms with Crippen molar-refractivity contribution in [2.75, 3.05) is 20.2 Å². The maximum Gasteiger partial charge on any atom is 0.573 e. The molecule has 1 heterocycles. The number of halogens is 4. The zero-order chi connectivity index (χ0) is 13.9. The zero-order valence-electron chi connectivity index (χ0n) is 11.0. The molecule has 0 saturated carbocycles. The number of ether oxygens (including phenoxy) is 2. The lowest BCUT2D eigenvalue weighted by Crippen LogP contribution is -2.26. The third kappa shape index (κ3) is 4.45. The van der Waals surface area contributed by atoms with Crippen molar-refractivity contribution in [3.8, 4) is 11.5 Å². The second-order valence-corrected chi connectivity index (χ2v) is 4.48. The average molecular weight is 312 g/mol. The molecule has 20 heavy (non-hydrogen) atoms. The van der Waals surface area contributed by atoms with Crippen molar-refractivity contribution in [3.63, 3.8) is 0 Å². The van der Waals surface area contributed by atoms with Crippen molar-refractivity contribution in [2.45, 2.75) is 25.1 Å². The Labute approximate surface area is 121 Å². The molecule has 114 valence electrons. The van der Waals surface area contributed by atoms with Crippen molar-refractivity contribution >= 4 is 12.4 Å². The van der Waals surface area contributed by atoms with Gasteiger partial charge in [-0.3, -0.25) is 0 Å². The fourth-order valence-corrected chi connectivity index (χ4v) is 2.36. The number of nitrogens with one attached hydrogen (secondary N) is 1. The number of methoxy groups -OCH3 is 1. The summed E-state index contributed by atoms with van der Waals surface area (Å²) in [6.07, 6.45) is -2.77. The Bertz CT molecular complexity index is 434. The van der Waals surface area contributed by atoms with E-state index in [1.807, 2.05) is 0 Å². The fourth-order valence-electron chi connectivity index (χ4n) is 2.36. The molecule has 0 aliphatic carbocycles. The van der Waals surface area contributed by atoms with E-state index in [2.05, 4.69) is 10.1 Å². The predicted molar refractivity (Wildman–Crippen MR) is 71.8 cm³/mol. The standard InChI is InChI=1S/C13H16F3NO2.ClH/c1-18-12-8-10(19-13(14,15)16)2-3-11(12)9-4-6-17-7-5-9;/h2-3,8-9,17H,4-7H2,1H3;1H. The van der Waals surface area contributed by atoms with E-state index in [9.17, 15) is 13.2 Å². The first kappa shape index (κ1) is 16.9. The molecule has 1 aliphatic rings. The van der Waals surface area contributed by atoms with Gasteiger partial charge in [-0.15, -0.1) is 25.6 Å². The minimum absolute atomic E-state index is 0. The molecule has 3 nitrogen and oxygen atoms in total. The molecule has 1 aromatic carbocycles. The molecule has 0 bridgehead atoms. The molecule has 0 radical (unpaired) electrons. The van der Waals surface area contributed by atoms with Gasteiger partial charge < -0.3 is 14.8 Å². The molecule has 1 saturated heterocycles. The molecule has 1 aromatic rings.